The van der Waals surface area contributed by atoms with E-state index in [1.54, 1.807) is 18.2 Å². The number of aliphatic carboxylic acids is 1. The summed E-state index contributed by atoms with van der Waals surface area (Å²) in [4.78, 5) is 40.2. The fourth-order valence-corrected chi connectivity index (χ4v) is 5.88. The first-order valence-corrected chi connectivity index (χ1v) is 12.1. The van der Waals surface area contributed by atoms with Crippen LogP contribution in [0.15, 0.2) is 28.6 Å². The molecule has 0 radical (unpaired) electrons. The molecular formula is C20H23N3O6S2. The summed E-state index contributed by atoms with van der Waals surface area (Å²) in [6.45, 7) is 2.93. The number of thiazole rings is 1. The van der Waals surface area contributed by atoms with E-state index in [0.717, 1.165) is 44.4 Å². The van der Waals surface area contributed by atoms with Crippen LogP contribution in [0.5, 0.6) is 0 Å². The Hall–Kier alpha value is -2.79. The fourth-order valence-electron chi connectivity index (χ4n) is 3.39. The number of amides is 2. The number of aryl methyl sites for hydroxylation is 1. The Kier molecular flexibility index (Phi) is 6.75. The molecule has 0 saturated heterocycles. The second kappa shape index (κ2) is 9.15. The first-order valence-electron chi connectivity index (χ1n) is 9.75. The molecule has 3 N–H and O–H groups in total. The molecule has 11 heteroatoms. The van der Waals surface area contributed by atoms with Crippen LogP contribution in [0.1, 0.15) is 48.5 Å². The number of carbonyl (C=O) groups is 3. The number of hydrogen-bond donors (Lipinski definition) is 3. The number of carboxylic acids is 1. The predicted octanol–water partition coefficient (Wildman–Crippen LogP) is 3.72. The molecule has 2 amide bonds. The molecule has 0 spiro atoms. The normalized spacial score (nSPS) is 15.4. The Balaban J connectivity index is 1.74. The molecule has 1 aliphatic carbocycles. The van der Waals surface area contributed by atoms with Crippen LogP contribution in [0, 0.1) is 12.8 Å². The number of nitrogens with one attached hydrogen (secondary N) is 2. The molecule has 1 aliphatic rings. The summed E-state index contributed by atoms with van der Waals surface area (Å²) in [5.41, 5.74) is 1.71. The maximum absolute atomic E-state index is 12.9. The Labute approximate surface area is 183 Å². The lowest BCUT2D eigenvalue weighted by Gasteiger charge is -2.14. The van der Waals surface area contributed by atoms with E-state index in [9.17, 15) is 22.8 Å². The van der Waals surface area contributed by atoms with Crippen molar-refractivity contribution in [2.24, 2.45) is 5.92 Å². The second-order valence-electron chi connectivity index (χ2n) is 7.48. The van der Waals surface area contributed by atoms with Crippen molar-refractivity contribution >= 4 is 49.8 Å². The summed E-state index contributed by atoms with van der Waals surface area (Å²) >= 11 is 0.657. The summed E-state index contributed by atoms with van der Waals surface area (Å²) < 4.78 is 24.3. The van der Waals surface area contributed by atoms with Gasteiger partial charge in [0.25, 0.3) is 0 Å². The van der Waals surface area contributed by atoms with Gasteiger partial charge in [0, 0.05) is 11.5 Å². The van der Waals surface area contributed by atoms with E-state index in [4.69, 9.17) is 5.11 Å². The highest BCUT2D eigenvalue weighted by molar-refractivity contribution is 7.94. The summed E-state index contributed by atoms with van der Waals surface area (Å²) in [6, 6.07) is 4.50. The number of Topliss-reactive ketones (excluding diaryl/α,β-unsaturated/α-hetero) is 1. The first-order chi connectivity index (χ1) is 14.6. The number of hydrogen-bond acceptors (Lipinski definition) is 7. The van der Waals surface area contributed by atoms with Crippen molar-refractivity contribution in [2.75, 3.05) is 10.6 Å². The average Bonchev–Trinajstić information content (AvgIpc) is 3.40. The lowest BCUT2D eigenvalue weighted by Crippen LogP contribution is -2.26. The quantitative estimate of drug-likeness (QED) is 0.529. The number of nitrogens with zero attached hydrogens (tertiary/aromatic N) is 1. The Morgan fingerprint density at radius 1 is 1.19 bits per heavy atom. The van der Waals surface area contributed by atoms with Gasteiger partial charge in [0.15, 0.2) is 16.2 Å². The maximum Gasteiger partial charge on any atom is 0.325 e. The van der Waals surface area contributed by atoms with Crippen LogP contribution in [0.3, 0.4) is 0 Å². The van der Waals surface area contributed by atoms with E-state index >= 15 is 0 Å². The van der Waals surface area contributed by atoms with E-state index in [1.807, 2.05) is 6.92 Å². The van der Waals surface area contributed by atoms with Gasteiger partial charge in [0.05, 0.1) is 11.9 Å². The van der Waals surface area contributed by atoms with Gasteiger partial charge in [0.2, 0.25) is 9.84 Å². The average molecular weight is 466 g/mol. The molecule has 1 aromatic heterocycles. The molecule has 166 valence electrons. The van der Waals surface area contributed by atoms with Crippen LogP contribution < -0.4 is 10.6 Å². The van der Waals surface area contributed by atoms with Gasteiger partial charge >= 0.3 is 12.0 Å². The third kappa shape index (κ3) is 5.10. The molecule has 0 bridgehead atoms. The zero-order valence-electron chi connectivity index (χ0n) is 17.0. The number of urea groups is 1. The highest BCUT2D eigenvalue weighted by Crippen LogP contribution is 2.31. The zero-order chi connectivity index (χ0) is 22.8. The minimum absolute atomic E-state index is 0.00165. The molecule has 1 aromatic carbocycles. The standard InChI is InChI=1S/C20H23N3O6S2/c1-11-7-8-15(14(9-11)17(24)13-5-3-4-6-13)22-19(27)23-20-21-10-16(30-20)31(28,29)12(2)18(25)26/h7-10,12-13H,3-6H2,1-2H3,(H,25,26)(H2,21,22,23,27). The van der Waals surface area contributed by atoms with Crippen molar-refractivity contribution < 1.29 is 27.9 Å². The Morgan fingerprint density at radius 2 is 1.87 bits per heavy atom. The topological polar surface area (TPSA) is 143 Å². The van der Waals surface area contributed by atoms with E-state index in [0.29, 0.717) is 22.6 Å². The van der Waals surface area contributed by atoms with E-state index in [-0.39, 0.29) is 21.0 Å². The number of anilines is 2. The van der Waals surface area contributed by atoms with Gasteiger partial charge in [-0.2, -0.15) is 0 Å². The molecule has 0 aliphatic heterocycles. The van der Waals surface area contributed by atoms with Gasteiger partial charge in [-0.1, -0.05) is 35.8 Å². The number of sulfone groups is 1. The van der Waals surface area contributed by atoms with Crippen LogP contribution in [-0.2, 0) is 14.6 Å². The number of rotatable bonds is 7. The SMILES string of the molecule is Cc1ccc(NC(=O)Nc2ncc(S(=O)(=O)C(C)C(=O)O)s2)c(C(=O)C2CCCC2)c1. The summed E-state index contributed by atoms with van der Waals surface area (Å²) in [5, 5.41) is 12.4. The van der Waals surface area contributed by atoms with Gasteiger partial charge in [-0.15, -0.1) is 0 Å². The number of aromatic nitrogens is 1. The molecule has 1 fully saturated rings. The minimum atomic E-state index is -4.10. The van der Waals surface area contributed by atoms with Crippen LogP contribution >= 0.6 is 11.3 Å². The van der Waals surface area contributed by atoms with Gasteiger partial charge in [0.1, 0.15) is 4.21 Å². The molecule has 31 heavy (non-hydrogen) atoms. The molecule has 1 unspecified atom stereocenters. The van der Waals surface area contributed by atoms with Gasteiger partial charge in [-0.3, -0.25) is 14.9 Å². The third-order valence-corrected chi connectivity index (χ3v) is 8.67. The monoisotopic (exact) mass is 465 g/mol. The Bertz CT molecular complexity index is 1120. The van der Waals surface area contributed by atoms with E-state index < -0.39 is 27.1 Å². The largest absolute Gasteiger partial charge is 0.480 e. The molecule has 1 saturated carbocycles. The molecular weight excluding hydrogens is 442 g/mol. The van der Waals surface area contributed by atoms with Crippen LogP contribution in [-0.4, -0.2) is 41.5 Å². The van der Waals surface area contributed by atoms with Gasteiger partial charge < -0.3 is 10.4 Å². The number of carbonyl (C=O) groups excluding carboxylic acids is 2. The van der Waals surface area contributed by atoms with Crippen LogP contribution in [0.25, 0.3) is 0 Å². The third-order valence-electron chi connectivity index (χ3n) is 5.21. The molecule has 3 rings (SSSR count). The van der Waals surface area contributed by atoms with Gasteiger partial charge in [-0.05, 0) is 38.8 Å². The highest BCUT2D eigenvalue weighted by atomic mass is 32.2. The van der Waals surface area contributed by atoms with Crippen molar-refractivity contribution in [3.63, 3.8) is 0 Å². The minimum Gasteiger partial charge on any atom is -0.480 e. The lowest BCUT2D eigenvalue weighted by atomic mass is 9.94. The van der Waals surface area contributed by atoms with Gasteiger partial charge in [-0.25, -0.2) is 18.2 Å². The summed E-state index contributed by atoms with van der Waals surface area (Å²) in [6.07, 6.45) is 4.71. The predicted molar refractivity (Wildman–Crippen MR) is 117 cm³/mol. The van der Waals surface area contributed by atoms with Crippen molar-refractivity contribution in [3.8, 4) is 0 Å². The number of benzene rings is 1. The van der Waals surface area contributed by atoms with Crippen molar-refractivity contribution in [1.29, 1.82) is 0 Å². The lowest BCUT2D eigenvalue weighted by molar-refractivity contribution is -0.136. The van der Waals surface area contributed by atoms with Crippen molar-refractivity contribution in [2.45, 2.75) is 49.0 Å². The molecule has 1 atom stereocenters. The zero-order valence-corrected chi connectivity index (χ0v) is 18.7. The second-order valence-corrected chi connectivity index (χ2v) is 11.0. The fraction of sp³-hybridized carbons (Fsp3) is 0.400. The maximum atomic E-state index is 12.9. The smallest absolute Gasteiger partial charge is 0.325 e. The summed E-state index contributed by atoms with van der Waals surface area (Å²) in [5.74, 6) is -1.52. The van der Waals surface area contributed by atoms with E-state index in [1.165, 1.54) is 0 Å². The van der Waals surface area contributed by atoms with Crippen LogP contribution in [0.2, 0.25) is 0 Å². The molecule has 9 nitrogen and oxygen atoms in total. The molecule has 2 aromatic rings. The highest BCUT2D eigenvalue weighted by Gasteiger charge is 2.31. The number of ketones is 1. The van der Waals surface area contributed by atoms with Crippen LogP contribution in [0.4, 0.5) is 15.6 Å². The first kappa shape index (κ1) is 22.9. The summed E-state index contributed by atoms with van der Waals surface area (Å²) in [7, 11) is -4.10. The Morgan fingerprint density at radius 3 is 2.52 bits per heavy atom. The molecule has 1 heterocycles. The van der Waals surface area contributed by atoms with Crippen molar-refractivity contribution in [1.82, 2.24) is 4.98 Å². The van der Waals surface area contributed by atoms with E-state index in [2.05, 4.69) is 15.6 Å². The van der Waals surface area contributed by atoms with Crippen molar-refractivity contribution in [3.05, 3.63) is 35.5 Å². The number of carboxylic acid groups (broad SMARTS) is 1.